The molecule has 1 unspecified atom stereocenters. The van der Waals surface area contributed by atoms with Gasteiger partial charge >= 0.3 is 0 Å². The van der Waals surface area contributed by atoms with Crippen LogP contribution in [0.15, 0.2) is 18.7 Å². The average molecular weight is 195 g/mol. The number of aromatic nitrogens is 2. The first-order valence-corrected chi connectivity index (χ1v) is 4.97. The maximum Gasteiger partial charge on any atom is 0.240 e. The van der Waals surface area contributed by atoms with Gasteiger partial charge in [0.1, 0.15) is 6.54 Å². The predicted molar refractivity (Wildman–Crippen MR) is 54.7 cm³/mol. The molecule has 0 spiro atoms. The predicted octanol–water partition coefficient (Wildman–Crippen LogP) is 1.19. The molecule has 0 saturated heterocycles. The number of imidazole rings is 1. The van der Waals surface area contributed by atoms with Crippen molar-refractivity contribution in [3.05, 3.63) is 18.7 Å². The van der Waals surface area contributed by atoms with Crippen LogP contribution in [-0.2, 0) is 11.3 Å². The molecule has 1 aromatic rings. The molecular weight excluding hydrogens is 178 g/mol. The van der Waals surface area contributed by atoms with Gasteiger partial charge in [-0.05, 0) is 13.3 Å². The van der Waals surface area contributed by atoms with Crippen molar-refractivity contribution in [1.29, 1.82) is 0 Å². The molecule has 0 aliphatic rings. The van der Waals surface area contributed by atoms with E-state index >= 15 is 0 Å². The molecule has 78 valence electrons. The lowest BCUT2D eigenvalue weighted by Gasteiger charge is -2.12. The van der Waals surface area contributed by atoms with Gasteiger partial charge in [0.05, 0.1) is 6.33 Å². The highest BCUT2D eigenvalue weighted by Gasteiger charge is 2.06. The van der Waals surface area contributed by atoms with Crippen molar-refractivity contribution in [2.75, 3.05) is 0 Å². The molecule has 1 N–H and O–H groups in total. The summed E-state index contributed by atoms with van der Waals surface area (Å²) in [6, 6.07) is 0.260. The first-order valence-electron chi connectivity index (χ1n) is 4.97. The third kappa shape index (κ3) is 3.60. The Morgan fingerprint density at radius 2 is 2.43 bits per heavy atom. The zero-order valence-corrected chi connectivity index (χ0v) is 8.73. The van der Waals surface area contributed by atoms with E-state index in [9.17, 15) is 4.79 Å². The molecule has 14 heavy (non-hydrogen) atoms. The van der Waals surface area contributed by atoms with Gasteiger partial charge in [-0.3, -0.25) is 4.79 Å². The van der Waals surface area contributed by atoms with E-state index < -0.39 is 0 Å². The van der Waals surface area contributed by atoms with Crippen LogP contribution in [0.4, 0.5) is 0 Å². The fourth-order valence-corrected chi connectivity index (χ4v) is 1.37. The number of amides is 1. The molecule has 1 heterocycles. The maximum atomic E-state index is 11.4. The number of carbonyl (C=O) groups is 1. The summed E-state index contributed by atoms with van der Waals surface area (Å²) in [5.74, 6) is 0.0453. The second-order valence-corrected chi connectivity index (χ2v) is 3.49. The van der Waals surface area contributed by atoms with Crippen LogP contribution in [0.1, 0.15) is 26.7 Å². The Kier molecular flexibility index (Phi) is 4.16. The molecule has 0 aliphatic heterocycles. The quantitative estimate of drug-likeness (QED) is 0.767. The van der Waals surface area contributed by atoms with Gasteiger partial charge in [0.15, 0.2) is 0 Å². The summed E-state index contributed by atoms with van der Waals surface area (Å²) < 4.78 is 1.76. The highest BCUT2D eigenvalue weighted by Crippen LogP contribution is 1.95. The second-order valence-electron chi connectivity index (χ2n) is 3.49. The number of hydrogen-bond donors (Lipinski definition) is 1. The largest absolute Gasteiger partial charge is 0.352 e. The third-order valence-electron chi connectivity index (χ3n) is 2.01. The van der Waals surface area contributed by atoms with Crippen molar-refractivity contribution in [1.82, 2.24) is 14.9 Å². The van der Waals surface area contributed by atoms with Crippen molar-refractivity contribution >= 4 is 5.91 Å². The van der Waals surface area contributed by atoms with Gasteiger partial charge in [0.2, 0.25) is 5.91 Å². The number of rotatable bonds is 5. The molecule has 4 nitrogen and oxygen atoms in total. The summed E-state index contributed by atoms with van der Waals surface area (Å²) in [4.78, 5) is 15.3. The summed E-state index contributed by atoms with van der Waals surface area (Å²) in [5.41, 5.74) is 0. The van der Waals surface area contributed by atoms with Gasteiger partial charge in [0, 0.05) is 18.4 Å². The van der Waals surface area contributed by atoms with Crippen LogP contribution in [0.25, 0.3) is 0 Å². The maximum absolute atomic E-state index is 11.4. The van der Waals surface area contributed by atoms with Crippen LogP contribution < -0.4 is 5.32 Å². The Hall–Kier alpha value is -1.32. The van der Waals surface area contributed by atoms with E-state index in [-0.39, 0.29) is 11.9 Å². The van der Waals surface area contributed by atoms with Gasteiger partial charge in [-0.15, -0.1) is 0 Å². The summed E-state index contributed by atoms with van der Waals surface area (Å²) in [7, 11) is 0. The fraction of sp³-hybridized carbons (Fsp3) is 0.600. The van der Waals surface area contributed by atoms with Crippen LogP contribution in [0.2, 0.25) is 0 Å². The third-order valence-corrected chi connectivity index (χ3v) is 2.01. The lowest BCUT2D eigenvalue weighted by atomic mass is 10.2. The van der Waals surface area contributed by atoms with Crippen molar-refractivity contribution in [3.8, 4) is 0 Å². The van der Waals surface area contributed by atoms with E-state index in [0.29, 0.717) is 6.54 Å². The normalized spacial score (nSPS) is 12.4. The summed E-state index contributed by atoms with van der Waals surface area (Å²) >= 11 is 0. The average Bonchev–Trinajstić information content (AvgIpc) is 2.56. The molecule has 0 saturated carbocycles. The standard InChI is InChI=1S/C10H17N3O/c1-3-4-9(2)12-10(14)7-13-6-5-11-8-13/h5-6,8-9H,3-4,7H2,1-2H3,(H,12,14). The van der Waals surface area contributed by atoms with Crippen molar-refractivity contribution in [3.63, 3.8) is 0 Å². The minimum Gasteiger partial charge on any atom is -0.352 e. The van der Waals surface area contributed by atoms with Crippen molar-refractivity contribution in [2.24, 2.45) is 0 Å². The second kappa shape index (κ2) is 5.42. The molecule has 0 bridgehead atoms. The Balaban J connectivity index is 2.29. The molecule has 1 amide bonds. The molecule has 0 aliphatic carbocycles. The Morgan fingerprint density at radius 3 is 3.00 bits per heavy atom. The van der Waals surface area contributed by atoms with Crippen LogP contribution in [0, 0.1) is 0 Å². The van der Waals surface area contributed by atoms with Crippen LogP contribution in [0.3, 0.4) is 0 Å². The molecule has 1 atom stereocenters. The molecule has 0 aromatic carbocycles. The molecular formula is C10H17N3O. The zero-order valence-electron chi connectivity index (χ0n) is 8.73. The zero-order chi connectivity index (χ0) is 10.4. The van der Waals surface area contributed by atoms with Gasteiger partial charge in [-0.1, -0.05) is 13.3 Å². The van der Waals surface area contributed by atoms with E-state index in [1.807, 2.05) is 6.92 Å². The number of nitrogens with one attached hydrogen (secondary N) is 1. The SMILES string of the molecule is CCCC(C)NC(=O)Cn1ccnc1. The Morgan fingerprint density at radius 1 is 1.64 bits per heavy atom. The number of nitrogens with zero attached hydrogens (tertiary/aromatic N) is 2. The minimum absolute atomic E-state index is 0.0453. The fourth-order valence-electron chi connectivity index (χ4n) is 1.37. The summed E-state index contributed by atoms with van der Waals surface area (Å²) in [5, 5.41) is 2.93. The van der Waals surface area contributed by atoms with Crippen LogP contribution >= 0.6 is 0 Å². The number of hydrogen-bond acceptors (Lipinski definition) is 2. The van der Waals surface area contributed by atoms with E-state index in [2.05, 4.69) is 17.2 Å². The van der Waals surface area contributed by atoms with Crippen molar-refractivity contribution < 1.29 is 4.79 Å². The van der Waals surface area contributed by atoms with Gasteiger partial charge in [0.25, 0.3) is 0 Å². The first-order chi connectivity index (χ1) is 6.72. The van der Waals surface area contributed by atoms with Gasteiger partial charge < -0.3 is 9.88 Å². The van der Waals surface area contributed by atoms with Crippen molar-refractivity contribution in [2.45, 2.75) is 39.3 Å². The highest BCUT2D eigenvalue weighted by molar-refractivity contribution is 5.75. The van der Waals surface area contributed by atoms with E-state index in [1.54, 1.807) is 23.3 Å². The van der Waals surface area contributed by atoms with E-state index in [0.717, 1.165) is 12.8 Å². The highest BCUT2D eigenvalue weighted by atomic mass is 16.2. The molecule has 0 radical (unpaired) electrons. The monoisotopic (exact) mass is 195 g/mol. The Bertz CT molecular complexity index is 269. The van der Waals surface area contributed by atoms with Gasteiger partial charge in [-0.25, -0.2) is 4.98 Å². The first kappa shape index (κ1) is 10.8. The summed E-state index contributed by atoms with van der Waals surface area (Å²) in [6.07, 6.45) is 7.21. The summed E-state index contributed by atoms with van der Waals surface area (Å²) in [6.45, 7) is 4.49. The van der Waals surface area contributed by atoms with Crippen LogP contribution in [-0.4, -0.2) is 21.5 Å². The van der Waals surface area contributed by atoms with Gasteiger partial charge in [-0.2, -0.15) is 0 Å². The lowest BCUT2D eigenvalue weighted by Crippen LogP contribution is -2.34. The van der Waals surface area contributed by atoms with Crippen LogP contribution in [0.5, 0.6) is 0 Å². The van der Waals surface area contributed by atoms with E-state index in [4.69, 9.17) is 0 Å². The Labute approximate surface area is 84.3 Å². The lowest BCUT2D eigenvalue weighted by molar-refractivity contribution is -0.122. The molecule has 1 rings (SSSR count). The molecule has 0 fully saturated rings. The number of carbonyl (C=O) groups excluding carboxylic acids is 1. The minimum atomic E-state index is 0.0453. The molecule has 1 aromatic heterocycles. The smallest absolute Gasteiger partial charge is 0.240 e. The topological polar surface area (TPSA) is 46.9 Å². The molecule has 4 heteroatoms. The van der Waals surface area contributed by atoms with E-state index in [1.165, 1.54) is 0 Å².